The van der Waals surface area contributed by atoms with E-state index in [0.29, 0.717) is 52.6 Å². The molecule has 0 aliphatic rings. The van der Waals surface area contributed by atoms with Crippen molar-refractivity contribution >= 4 is 17.6 Å². The minimum absolute atomic E-state index is 0.00888. The molecule has 0 fully saturated rings. The Bertz CT molecular complexity index is 1420. The monoisotopic (exact) mass is 533 g/mol. The molecule has 5 N–H and O–H groups in total. The first-order valence-electron chi connectivity index (χ1n) is 12.9. The highest BCUT2D eigenvalue weighted by Gasteiger charge is 2.19. The summed E-state index contributed by atoms with van der Waals surface area (Å²) in [6, 6.07) is 5.62. The van der Waals surface area contributed by atoms with Gasteiger partial charge in [0.05, 0.1) is 25.1 Å². The molecule has 2 aromatic heterocycles. The van der Waals surface area contributed by atoms with E-state index in [1.54, 1.807) is 26.4 Å². The fraction of sp³-hybridized carbons (Fsp3) is 0.414. The number of nitrogen functional groups attached to an aromatic ring is 1. The molecule has 1 atom stereocenters. The summed E-state index contributed by atoms with van der Waals surface area (Å²) in [7, 11) is 3.23. The molecular formula is C29H39N7O3. The Balaban J connectivity index is 2.05. The third-order valence-corrected chi connectivity index (χ3v) is 6.27. The first kappa shape index (κ1) is 29.5. The van der Waals surface area contributed by atoms with Crippen LogP contribution in [0.1, 0.15) is 52.3 Å². The largest absolute Gasteiger partial charge is 0.497 e. The van der Waals surface area contributed by atoms with Crippen LogP contribution in [0.5, 0.6) is 5.75 Å². The zero-order chi connectivity index (χ0) is 28.9. The number of rotatable bonds is 10. The van der Waals surface area contributed by atoms with Crippen molar-refractivity contribution in [1.82, 2.24) is 24.8 Å². The summed E-state index contributed by atoms with van der Waals surface area (Å²) >= 11 is 0. The number of hydrogen-bond donors (Lipinski definition) is 4. The van der Waals surface area contributed by atoms with Gasteiger partial charge in [0.1, 0.15) is 22.8 Å². The van der Waals surface area contributed by atoms with Gasteiger partial charge >= 0.3 is 0 Å². The maximum absolute atomic E-state index is 13.1. The van der Waals surface area contributed by atoms with Crippen LogP contribution in [-0.2, 0) is 13.5 Å². The average Bonchev–Trinajstić information content (AvgIpc) is 2.88. The molecule has 1 aromatic carbocycles. The van der Waals surface area contributed by atoms with Crippen molar-refractivity contribution in [2.24, 2.45) is 12.5 Å². The maximum Gasteiger partial charge on any atom is 0.276 e. The highest BCUT2D eigenvalue weighted by Crippen LogP contribution is 2.27. The van der Waals surface area contributed by atoms with E-state index in [4.69, 9.17) is 20.9 Å². The lowest BCUT2D eigenvalue weighted by Crippen LogP contribution is -2.29. The Labute approximate surface area is 229 Å². The lowest BCUT2D eigenvalue weighted by molar-refractivity contribution is 0.122. The molecular weight excluding hydrogens is 494 g/mol. The Morgan fingerprint density at radius 2 is 1.97 bits per heavy atom. The first-order chi connectivity index (χ1) is 18.4. The summed E-state index contributed by atoms with van der Waals surface area (Å²) in [6.07, 6.45) is 5.10. The molecule has 0 saturated carbocycles. The number of methoxy groups -OCH3 is 1. The average molecular weight is 534 g/mol. The molecule has 0 bridgehead atoms. The number of nitrogens with zero attached hydrogens (tertiary/aromatic N) is 4. The van der Waals surface area contributed by atoms with Crippen LogP contribution in [0.3, 0.4) is 0 Å². The number of nitrogens with two attached hydrogens (primary N) is 1. The van der Waals surface area contributed by atoms with Crippen molar-refractivity contribution in [1.29, 1.82) is 5.41 Å². The van der Waals surface area contributed by atoms with Crippen LogP contribution in [0.15, 0.2) is 41.1 Å². The summed E-state index contributed by atoms with van der Waals surface area (Å²) < 4.78 is 6.87. The van der Waals surface area contributed by atoms with Crippen LogP contribution in [0.25, 0.3) is 28.2 Å². The van der Waals surface area contributed by atoms with Gasteiger partial charge in [-0.3, -0.25) is 4.79 Å². The number of anilines is 1. The molecule has 0 amide bonds. The van der Waals surface area contributed by atoms with Crippen molar-refractivity contribution < 1.29 is 9.84 Å². The number of aliphatic hydroxyl groups is 1. The molecule has 0 spiro atoms. The predicted molar refractivity (Wildman–Crippen MR) is 156 cm³/mol. The predicted octanol–water partition coefficient (Wildman–Crippen LogP) is 3.82. The summed E-state index contributed by atoms with van der Waals surface area (Å²) in [5.74, 6) is 0.780. The second kappa shape index (κ2) is 12.2. The van der Waals surface area contributed by atoms with E-state index >= 15 is 0 Å². The van der Waals surface area contributed by atoms with Gasteiger partial charge < -0.3 is 30.9 Å². The van der Waals surface area contributed by atoms with Gasteiger partial charge in [-0.25, -0.2) is 15.0 Å². The Kier molecular flexibility index (Phi) is 9.24. The van der Waals surface area contributed by atoms with Gasteiger partial charge in [0.2, 0.25) is 0 Å². The number of aromatic nitrogens is 4. The number of hydrogen-bond acceptors (Lipinski definition) is 9. The molecule has 39 heavy (non-hydrogen) atoms. The van der Waals surface area contributed by atoms with Gasteiger partial charge in [-0.1, -0.05) is 27.7 Å². The van der Waals surface area contributed by atoms with E-state index in [-0.39, 0.29) is 22.5 Å². The molecule has 0 aliphatic carbocycles. The number of ether oxygens (including phenoxy) is 1. The summed E-state index contributed by atoms with van der Waals surface area (Å²) in [5, 5.41) is 21.6. The van der Waals surface area contributed by atoms with Crippen molar-refractivity contribution in [3.63, 3.8) is 0 Å². The van der Waals surface area contributed by atoms with Crippen molar-refractivity contribution in [2.45, 2.75) is 53.6 Å². The molecule has 3 rings (SSSR count). The second-order valence-electron chi connectivity index (χ2n) is 10.8. The SMILES string of the molecule is CCc1cc(OC)cc(-c2nc(-c3nc(/C(C=N)=C(\C)NC[C@H](O)CC(C)(C)C)cnc3N)cn(C)c2=O)c1. The maximum atomic E-state index is 13.1. The third kappa shape index (κ3) is 7.29. The Morgan fingerprint density at radius 3 is 2.59 bits per heavy atom. The summed E-state index contributed by atoms with van der Waals surface area (Å²) in [6.45, 7) is 10.4. The number of aliphatic hydroxyl groups excluding tert-OH is 1. The van der Waals surface area contributed by atoms with E-state index < -0.39 is 6.10 Å². The molecule has 10 nitrogen and oxygen atoms in total. The molecule has 2 heterocycles. The minimum Gasteiger partial charge on any atom is -0.497 e. The number of allylic oxidation sites excluding steroid dienone is 2. The minimum atomic E-state index is -0.543. The highest BCUT2D eigenvalue weighted by molar-refractivity contribution is 6.08. The van der Waals surface area contributed by atoms with Gasteiger partial charge in [-0.05, 0) is 48.9 Å². The quantitative estimate of drug-likeness (QED) is 0.287. The lowest BCUT2D eigenvalue weighted by Gasteiger charge is -2.23. The standard InChI is InChI=1S/C29H39N7O3/c1-8-18-9-19(11-21(10-18)39-7)25-28(38)36(6)16-24(35-25)26-27(31)33-15-23(34-26)22(13-30)17(2)32-14-20(37)12-29(3,4)5/h9-11,13,15-16,20,30,32,37H,8,12,14H2,1-7H3,(H2,31,33)/b22-17+,30-13?/t20-/m1/s1. The number of aryl methyl sites for hydroxylation is 2. The zero-order valence-corrected chi connectivity index (χ0v) is 23.8. The Morgan fingerprint density at radius 1 is 1.26 bits per heavy atom. The molecule has 3 aromatic rings. The fourth-order valence-electron chi connectivity index (χ4n) is 4.26. The van der Waals surface area contributed by atoms with Gasteiger partial charge in [0.15, 0.2) is 5.82 Å². The summed E-state index contributed by atoms with van der Waals surface area (Å²) in [5.41, 5.74) is 10.1. The zero-order valence-electron chi connectivity index (χ0n) is 23.8. The van der Waals surface area contributed by atoms with Crippen molar-refractivity contribution in [3.05, 3.63) is 57.9 Å². The van der Waals surface area contributed by atoms with Gasteiger partial charge in [-0.15, -0.1) is 0 Å². The number of nitrogens with one attached hydrogen (secondary N) is 2. The van der Waals surface area contributed by atoms with Gasteiger partial charge in [0.25, 0.3) is 5.56 Å². The normalized spacial score (nSPS) is 13.0. The van der Waals surface area contributed by atoms with E-state index in [2.05, 4.69) is 36.1 Å². The molecule has 0 saturated heterocycles. The smallest absolute Gasteiger partial charge is 0.276 e. The van der Waals surface area contributed by atoms with E-state index in [1.807, 2.05) is 26.0 Å². The summed E-state index contributed by atoms with van der Waals surface area (Å²) in [4.78, 5) is 26.8. The fourth-order valence-corrected chi connectivity index (χ4v) is 4.26. The van der Waals surface area contributed by atoms with Crippen LogP contribution >= 0.6 is 0 Å². The number of benzene rings is 1. The topological polar surface area (TPSA) is 152 Å². The van der Waals surface area contributed by atoms with Crippen molar-refractivity contribution in [3.8, 4) is 28.4 Å². The van der Waals surface area contributed by atoms with Crippen LogP contribution in [0.2, 0.25) is 0 Å². The molecule has 208 valence electrons. The third-order valence-electron chi connectivity index (χ3n) is 6.27. The van der Waals surface area contributed by atoms with Crippen molar-refractivity contribution in [2.75, 3.05) is 19.4 Å². The van der Waals surface area contributed by atoms with Crippen LogP contribution in [-0.4, -0.2) is 50.6 Å². The van der Waals surface area contributed by atoms with E-state index in [0.717, 1.165) is 12.0 Å². The van der Waals surface area contributed by atoms with Gasteiger partial charge in [-0.2, -0.15) is 0 Å². The molecule has 0 unspecified atom stereocenters. The first-order valence-corrected chi connectivity index (χ1v) is 12.9. The van der Waals surface area contributed by atoms with Crippen LogP contribution in [0, 0.1) is 10.8 Å². The van der Waals surface area contributed by atoms with Crippen LogP contribution < -0.4 is 21.3 Å². The lowest BCUT2D eigenvalue weighted by atomic mass is 9.89. The van der Waals surface area contributed by atoms with E-state index in [1.165, 1.54) is 17.0 Å². The Hall–Kier alpha value is -4.05. The molecule has 10 heteroatoms. The molecule has 0 aliphatic heterocycles. The molecule has 0 radical (unpaired) electrons. The van der Waals surface area contributed by atoms with E-state index in [9.17, 15) is 9.90 Å². The van der Waals surface area contributed by atoms with Crippen LogP contribution in [0.4, 0.5) is 5.82 Å². The van der Waals surface area contributed by atoms with Gasteiger partial charge in [0, 0.05) is 42.8 Å². The second-order valence-corrected chi connectivity index (χ2v) is 10.8. The highest BCUT2D eigenvalue weighted by atomic mass is 16.5.